The van der Waals surface area contributed by atoms with E-state index in [4.69, 9.17) is 32.7 Å². The smallest absolute Gasteiger partial charge is 0.251 e. The van der Waals surface area contributed by atoms with Crippen molar-refractivity contribution in [2.45, 2.75) is 12.5 Å². The van der Waals surface area contributed by atoms with Gasteiger partial charge in [-0.1, -0.05) is 71.7 Å². The van der Waals surface area contributed by atoms with Crippen molar-refractivity contribution in [1.82, 2.24) is 5.32 Å². The summed E-state index contributed by atoms with van der Waals surface area (Å²) in [6.45, 7) is 0.753. The lowest BCUT2D eigenvalue weighted by Gasteiger charge is -2.28. The molecule has 0 bridgehead atoms. The van der Waals surface area contributed by atoms with E-state index in [1.165, 1.54) is 0 Å². The Labute approximate surface area is 190 Å². The van der Waals surface area contributed by atoms with Crippen molar-refractivity contribution in [3.63, 3.8) is 0 Å². The number of halogens is 2. The summed E-state index contributed by atoms with van der Waals surface area (Å²) in [5.41, 5.74) is 4.05. The van der Waals surface area contributed by atoms with Gasteiger partial charge in [0.1, 0.15) is 18.1 Å². The number of fused-ring (bicyclic) bond motifs is 2. The highest BCUT2D eigenvalue weighted by Crippen LogP contribution is 2.42. The normalized spacial score (nSPS) is 16.8. The summed E-state index contributed by atoms with van der Waals surface area (Å²) < 4.78 is 11.7. The fourth-order valence-corrected chi connectivity index (χ4v) is 4.41. The summed E-state index contributed by atoms with van der Waals surface area (Å²) in [4.78, 5) is 13.0. The minimum Gasteiger partial charge on any atom is -0.493 e. The Bertz CT molecular complexity index is 1210. The lowest BCUT2D eigenvalue weighted by Crippen LogP contribution is -2.34. The molecule has 2 heterocycles. The first-order valence-electron chi connectivity index (χ1n) is 10.0. The van der Waals surface area contributed by atoms with Gasteiger partial charge in [0, 0.05) is 28.7 Å². The number of carbonyl (C=O) groups is 1. The lowest BCUT2D eigenvalue weighted by molar-refractivity contribution is -0.118. The maximum absolute atomic E-state index is 13.0. The summed E-state index contributed by atoms with van der Waals surface area (Å²) in [7, 11) is 0. The van der Waals surface area contributed by atoms with Crippen molar-refractivity contribution in [3.8, 4) is 22.6 Å². The first-order valence-corrected chi connectivity index (χ1v) is 10.8. The molecule has 6 heteroatoms. The molecule has 1 N–H and O–H groups in total. The third-order valence-corrected chi connectivity index (χ3v) is 6.36. The van der Waals surface area contributed by atoms with Crippen LogP contribution in [0.3, 0.4) is 0 Å². The van der Waals surface area contributed by atoms with Crippen molar-refractivity contribution in [2.24, 2.45) is 0 Å². The van der Waals surface area contributed by atoms with Gasteiger partial charge in [0.2, 0.25) is 0 Å². The van der Waals surface area contributed by atoms with Crippen LogP contribution in [0.15, 0.2) is 66.2 Å². The van der Waals surface area contributed by atoms with E-state index in [9.17, 15) is 4.79 Å². The standard InChI is InChI=1S/C25H19Cl2NO3/c26-20-9-4-7-17(23(20)27)18-8-3-5-15-13-16(14-31-24(15)18)25(29)28-21-11-12-30-22-10-2-1-6-19(21)22/h1-10,13,21H,11-12,14H2,(H,28,29). The number of amides is 1. The number of rotatable bonds is 3. The molecule has 2 aliphatic heterocycles. The minimum atomic E-state index is -0.140. The number of carbonyl (C=O) groups excluding carboxylic acids is 1. The highest BCUT2D eigenvalue weighted by Gasteiger charge is 2.26. The molecule has 3 aromatic rings. The summed E-state index contributed by atoms with van der Waals surface area (Å²) in [6.07, 6.45) is 2.60. The van der Waals surface area contributed by atoms with E-state index in [1.54, 1.807) is 6.07 Å². The van der Waals surface area contributed by atoms with Crippen LogP contribution in [0.5, 0.6) is 11.5 Å². The predicted octanol–water partition coefficient (Wildman–Crippen LogP) is 6.08. The highest BCUT2D eigenvalue weighted by molar-refractivity contribution is 6.43. The van der Waals surface area contributed by atoms with Gasteiger partial charge in [-0.3, -0.25) is 4.79 Å². The number of benzene rings is 3. The van der Waals surface area contributed by atoms with Gasteiger partial charge in [-0.2, -0.15) is 0 Å². The molecule has 5 rings (SSSR count). The summed E-state index contributed by atoms with van der Waals surface area (Å²) in [6, 6.07) is 19.0. The molecule has 3 aromatic carbocycles. The van der Waals surface area contributed by atoms with Crippen LogP contribution >= 0.6 is 23.2 Å². The average molecular weight is 452 g/mol. The molecule has 0 saturated carbocycles. The van der Waals surface area contributed by atoms with Gasteiger partial charge in [-0.15, -0.1) is 0 Å². The zero-order valence-electron chi connectivity index (χ0n) is 16.5. The quantitative estimate of drug-likeness (QED) is 0.524. The molecular formula is C25H19Cl2NO3. The van der Waals surface area contributed by atoms with Gasteiger partial charge < -0.3 is 14.8 Å². The van der Waals surface area contributed by atoms with Gasteiger partial charge in [-0.25, -0.2) is 0 Å². The number of para-hydroxylation sites is 2. The van der Waals surface area contributed by atoms with E-state index in [0.717, 1.165) is 34.4 Å². The van der Waals surface area contributed by atoms with Crippen LogP contribution < -0.4 is 14.8 Å². The largest absolute Gasteiger partial charge is 0.493 e. The van der Waals surface area contributed by atoms with E-state index in [2.05, 4.69) is 5.32 Å². The Morgan fingerprint density at radius 3 is 2.65 bits per heavy atom. The molecular weight excluding hydrogens is 433 g/mol. The Kier molecular flexibility index (Phi) is 5.34. The first kappa shape index (κ1) is 20.0. The second-order valence-corrected chi connectivity index (χ2v) is 8.27. The van der Waals surface area contributed by atoms with Crippen LogP contribution in [0.2, 0.25) is 10.0 Å². The summed E-state index contributed by atoms with van der Waals surface area (Å²) in [5.74, 6) is 1.37. The second-order valence-electron chi connectivity index (χ2n) is 7.48. The number of ether oxygens (including phenoxy) is 2. The number of hydrogen-bond donors (Lipinski definition) is 1. The Balaban J connectivity index is 1.43. The first-order chi connectivity index (χ1) is 15.1. The Morgan fingerprint density at radius 2 is 1.74 bits per heavy atom. The lowest BCUT2D eigenvalue weighted by atomic mass is 9.97. The second kappa shape index (κ2) is 8.29. The summed E-state index contributed by atoms with van der Waals surface area (Å²) in [5, 5.41) is 4.10. The molecule has 0 radical (unpaired) electrons. The number of hydrogen-bond acceptors (Lipinski definition) is 3. The Hall–Kier alpha value is -2.95. The zero-order chi connectivity index (χ0) is 21.4. The van der Waals surface area contributed by atoms with Gasteiger partial charge >= 0.3 is 0 Å². The van der Waals surface area contributed by atoms with Crippen LogP contribution in [0.25, 0.3) is 17.2 Å². The van der Waals surface area contributed by atoms with Crippen LogP contribution in [0.4, 0.5) is 0 Å². The molecule has 0 saturated heterocycles. The van der Waals surface area contributed by atoms with Crippen LogP contribution in [-0.4, -0.2) is 19.1 Å². The van der Waals surface area contributed by atoms with Crippen molar-refractivity contribution >= 4 is 35.2 Å². The molecule has 0 aromatic heterocycles. The van der Waals surface area contributed by atoms with Crippen LogP contribution in [0.1, 0.15) is 23.6 Å². The molecule has 4 nitrogen and oxygen atoms in total. The van der Waals surface area contributed by atoms with Crippen molar-refractivity contribution in [3.05, 3.63) is 87.4 Å². The molecule has 0 spiro atoms. The van der Waals surface area contributed by atoms with E-state index >= 15 is 0 Å². The monoisotopic (exact) mass is 451 g/mol. The van der Waals surface area contributed by atoms with E-state index in [-0.39, 0.29) is 18.6 Å². The fourth-order valence-electron chi connectivity index (χ4n) is 4.01. The van der Waals surface area contributed by atoms with Gasteiger partial charge in [0.05, 0.1) is 28.3 Å². The van der Waals surface area contributed by atoms with Crippen LogP contribution in [-0.2, 0) is 4.79 Å². The van der Waals surface area contributed by atoms with Crippen molar-refractivity contribution in [2.75, 3.05) is 13.2 Å². The van der Waals surface area contributed by atoms with E-state index in [1.807, 2.05) is 60.7 Å². The average Bonchev–Trinajstić information content (AvgIpc) is 2.80. The maximum atomic E-state index is 13.0. The van der Waals surface area contributed by atoms with E-state index < -0.39 is 0 Å². The predicted molar refractivity (Wildman–Crippen MR) is 123 cm³/mol. The third kappa shape index (κ3) is 3.78. The Morgan fingerprint density at radius 1 is 0.935 bits per heavy atom. The molecule has 31 heavy (non-hydrogen) atoms. The van der Waals surface area contributed by atoms with Gasteiger partial charge in [0.25, 0.3) is 5.91 Å². The fraction of sp³-hybridized carbons (Fsp3) is 0.160. The van der Waals surface area contributed by atoms with Gasteiger partial charge in [-0.05, 0) is 18.2 Å². The molecule has 1 amide bonds. The molecule has 2 aliphatic rings. The summed E-state index contributed by atoms with van der Waals surface area (Å²) >= 11 is 12.6. The number of nitrogens with one attached hydrogen (secondary N) is 1. The third-order valence-electron chi connectivity index (χ3n) is 5.54. The zero-order valence-corrected chi connectivity index (χ0v) is 18.0. The van der Waals surface area contributed by atoms with E-state index in [0.29, 0.717) is 28.0 Å². The van der Waals surface area contributed by atoms with Crippen LogP contribution in [0, 0.1) is 0 Å². The van der Waals surface area contributed by atoms with Gasteiger partial charge in [0.15, 0.2) is 0 Å². The van der Waals surface area contributed by atoms with Crippen molar-refractivity contribution in [1.29, 1.82) is 0 Å². The molecule has 156 valence electrons. The maximum Gasteiger partial charge on any atom is 0.251 e. The molecule has 0 fully saturated rings. The topological polar surface area (TPSA) is 47.6 Å². The molecule has 0 aliphatic carbocycles. The SMILES string of the molecule is O=C(NC1CCOc2ccccc21)C1=Cc2cccc(-c3cccc(Cl)c3Cl)c2OC1. The molecule has 1 atom stereocenters. The van der Waals surface area contributed by atoms with Crippen molar-refractivity contribution < 1.29 is 14.3 Å². The minimum absolute atomic E-state index is 0.0867. The molecule has 1 unspecified atom stereocenters. The highest BCUT2D eigenvalue weighted by atomic mass is 35.5.